The summed E-state index contributed by atoms with van der Waals surface area (Å²) in [5, 5.41) is 16.0. The number of carboxylic acids is 1. The number of carbonyl (C=O) groups excluding carboxylic acids is 4. The number of carboxylic acid groups (broad SMARTS) is 1. The minimum atomic E-state index is -1.26. The number of nitrogens with two attached hydrogens (primary N) is 2. The van der Waals surface area contributed by atoms with Crippen LogP contribution in [0.4, 0.5) is 0 Å². The maximum atomic E-state index is 12.8. The van der Waals surface area contributed by atoms with E-state index in [0.717, 1.165) is 0 Å². The summed E-state index contributed by atoms with van der Waals surface area (Å²) in [7, 11) is 0. The second-order valence-corrected chi connectivity index (χ2v) is 8.24. The lowest BCUT2D eigenvalue weighted by Crippen LogP contribution is -2.56. The van der Waals surface area contributed by atoms with Gasteiger partial charge in [0, 0.05) is 6.42 Å². The van der Waals surface area contributed by atoms with Gasteiger partial charge in [0.1, 0.15) is 18.6 Å². The Morgan fingerprint density at radius 3 is 2.07 bits per heavy atom. The summed E-state index contributed by atoms with van der Waals surface area (Å²) in [5.41, 5.74) is 11.0. The molecule has 11 nitrogen and oxygen atoms in total. The molecule has 0 aromatic rings. The highest BCUT2D eigenvalue weighted by molar-refractivity contribution is 7.98. The molecule has 0 saturated heterocycles. The molecule has 0 bridgehead atoms. The van der Waals surface area contributed by atoms with Crippen LogP contribution in [0, 0.1) is 5.92 Å². The number of carbonyl (C=O) groups is 5. The summed E-state index contributed by atoms with van der Waals surface area (Å²) < 4.78 is 0. The predicted octanol–water partition coefficient (Wildman–Crippen LogP) is -1.45. The Morgan fingerprint density at radius 2 is 1.57 bits per heavy atom. The Bertz CT molecular complexity index is 616. The number of rotatable bonds is 15. The maximum absolute atomic E-state index is 12.8. The van der Waals surface area contributed by atoms with Crippen LogP contribution in [0.1, 0.15) is 39.5 Å². The molecule has 0 rings (SSSR count). The van der Waals surface area contributed by atoms with Crippen molar-refractivity contribution in [1.82, 2.24) is 16.0 Å². The second-order valence-electron chi connectivity index (χ2n) is 7.26. The zero-order chi connectivity index (χ0) is 23.3. The van der Waals surface area contributed by atoms with Gasteiger partial charge in [-0.25, -0.2) is 0 Å². The van der Waals surface area contributed by atoms with Gasteiger partial charge in [-0.3, -0.25) is 24.0 Å². The van der Waals surface area contributed by atoms with Crippen LogP contribution in [0.5, 0.6) is 0 Å². The average Bonchev–Trinajstić information content (AvgIpc) is 2.65. The van der Waals surface area contributed by atoms with E-state index in [1.54, 1.807) is 11.8 Å². The molecule has 0 aliphatic heterocycles. The molecule has 12 heteroatoms. The third kappa shape index (κ3) is 12.3. The van der Waals surface area contributed by atoms with E-state index in [0.29, 0.717) is 18.6 Å². The molecular formula is C18H33N5O6S. The molecule has 172 valence electrons. The molecule has 0 aromatic heterocycles. The van der Waals surface area contributed by atoms with Crippen molar-refractivity contribution in [2.75, 3.05) is 18.6 Å². The molecule has 0 saturated carbocycles. The highest BCUT2D eigenvalue weighted by Gasteiger charge is 2.29. The molecule has 0 fully saturated rings. The fourth-order valence-electron chi connectivity index (χ4n) is 2.47. The number of aliphatic carboxylic acids is 1. The molecule has 3 unspecified atom stereocenters. The SMILES string of the molecule is CSCCC(N)C(=O)NC(CC(C)C)C(=O)NC(CCC(N)=O)C(=O)NCC(=O)O. The Morgan fingerprint density at radius 1 is 0.967 bits per heavy atom. The third-order valence-electron chi connectivity index (χ3n) is 4.04. The minimum Gasteiger partial charge on any atom is -0.480 e. The first-order valence-electron chi connectivity index (χ1n) is 9.60. The Hall–Kier alpha value is -2.34. The van der Waals surface area contributed by atoms with Crippen molar-refractivity contribution >= 4 is 41.4 Å². The molecule has 30 heavy (non-hydrogen) atoms. The van der Waals surface area contributed by atoms with E-state index in [9.17, 15) is 24.0 Å². The van der Waals surface area contributed by atoms with Gasteiger partial charge in [0.25, 0.3) is 0 Å². The van der Waals surface area contributed by atoms with Gasteiger partial charge in [0.15, 0.2) is 0 Å². The van der Waals surface area contributed by atoms with E-state index in [4.69, 9.17) is 16.6 Å². The van der Waals surface area contributed by atoms with Gasteiger partial charge in [-0.1, -0.05) is 13.8 Å². The topological polar surface area (TPSA) is 194 Å². The fraction of sp³-hybridized carbons (Fsp3) is 0.722. The lowest BCUT2D eigenvalue weighted by atomic mass is 10.0. The van der Waals surface area contributed by atoms with Crippen LogP contribution >= 0.6 is 11.8 Å². The number of hydrogen-bond acceptors (Lipinski definition) is 7. The Balaban J connectivity index is 5.24. The highest BCUT2D eigenvalue weighted by Crippen LogP contribution is 2.08. The third-order valence-corrected chi connectivity index (χ3v) is 4.68. The van der Waals surface area contributed by atoms with Gasteiger partial charge in [0.05, 0.1) is 6.04 Å². The Kier molecular flexibility index (Phi) is 13.5. The lowest BCUT2D eigenvalue weighted by Gasteiger charge is -2.25. The summed E-state index contributed by atoms with van der Waals surface area (Å²) in [4.78, 5) is 59.1. The summed E-state index contributed by atoms with van der Waals surface area (Å²) in [6, 6.07) is -2.90. The van der Waals surface area contributed by atoms with Gasteiger partial charge in [-0.2, -0.15) is 11.8 Å². The summed E-state index contributed by atoms with van der Waals surface area (Å²) in [6.45, 7) is 3.09. The van der Waals surface area contributed by atoms with Crippen molar-refractivity contribution in [2.45, 2.75) is 57.7 Å². The zero-order valence-electron chi connectivity index (χ0n) is 17.6. The quantitative estimate of drug-likeness (QED) is 0.175. The van der Waals surface area contributed by atoms with Gasteiger partial charge in [0.2, 0.25) is 23.6 Å². The van der Waals surface area contributed by atoms with E-state index in [-0.39, 0.29) is 18.8 Å². The number of nitrogens with one attached hydrogen (secondary N) is 3. The van der Waals surface area contributed by atoms with Gasteiger partial charge < -0.3 is 32.5 Å². The molecular weight excluding hydrogens is 414 g/mol. The van der Waals surface area contributed by atoms with Crippen LogP contribution < -0.4 is 27.4 Å². The fourth-order valence-corrected chi connectivity index (χ4v) is 2.96. The number of thioether (sulfide) groups is 1. The van der Waals surface area contributed by atoms with Crippen molar-refractivity contribution in [3.8, 4) is 0 Å². The van der Waals surface area contributed by atoms with Gasteiger partial charge in [-0.15, -0.1) is 0 Å². The molecule has 3 atom stereocenters. The van der Waals surface area contributed by atoms with Crippen LogP contribution in [0.15, 0.2) is 0 Å². The zero-order valence-corrected chi connectivity index (χ0v) is 18.4. The number of hydrogen-bond donors (Lipinski definition) is 6. The van der Waals surface area contributed by atoms with Crippen molar-refractivity contribution in [1.29, 1.82) is 0 Å². The van der Waals surface area contributed by atoms with Crippen molar-refractivity contribution in [3.63, 3.8) is 0 Å². The van der Waals surface area contributed by atoms with Crippen molar-refractivity contribution < 1.29 is 29.1 Å². The van der Waals surface area contributed by atoms with Gasteiger partial charge >= 0.3 is 5.97 Å². The first-order valence-corrected chi connectivity index (χ1v) is 11.0. The standard InChI is InChI=1S/C18H33N5O6S/c1-10(2)8-13(23-16(27)11(19)6-7-30-3)18(29)22-12(4-5-14(20)24)17(28)21-9-15(25)26/h10-13H,4-9,19H2,1-3H3,(H2,20,24)(H,21,28)(H,22,29)(H,23,27)(H,25,26). The molecule has 8 N–H and O–H groups in total. The largest absolute Gasteiger partial charge is 0.480 e. The molecule has 4 amide bonds. The normalized spacial score (nSPS) is 13.8. The van der Waals surface area contributed by atoms with Crippen LogP contribution in [0.3, 0.4) is 0 Å². The van der Waals surface area contributed by atoms with Crippen LogP contribution in [-0.2, 0) is 24.0 Å². The first kappa shape index (κ1) is 27.7. The van der Waals surface area contributed by atoms with Crippen LogP contribution in [-0.4, -0.2) is 71.4 Å². The summed E-state index contributed by atoms with van der Waals surface area (Å²) in [6.07, 6.45) is 2.34. The Labute approximate surface area is 180 Å². The predicted molar refractivity (Wildman–Crippen MR) is 113 cm³/mol. The molecule has 0 aliphatic rings. The number of amides is 4. The molecule has 0 spiro atoms. The lowest BCUT2D eigenvalue weighted by molar-refractivity contribution is -0.138. The smallest absolute Gasteiger partial charge is 0.322 e. The van der Waals surface area contributed by atoms with E-state index >= 15 is 0 Å². The van der Waals surface area contributed by atoms with Crippen molar-refractivity contribution in [2.24, 2.45) is 17.4 Å². The maximum Gasteiger partial charge on any atom is 0.322 e. The van der Waals surface area contributed by atoms with Crippen LogP contribution in [0.25, 0.3) is 0 Å². The summed E-state index contributed by atoms with van der Waals surface area (Å²) in [5.74, 6) is -3.07. The van der Waals surface area contributed by atoms with E-state index in [1.807, 2.05) is 20.1 Å². The average molecular weight is 448 g/mol. The molecule has 0 aromatic carbocycles. The van der Waals surface area contributed by atoms with Gasteiger partial charge in [-0.05, 0) is 37.2 Å². The highest BCUT2D eigenvalue weighted by atomic mass is 32.2. The second kappa shape index (κ2) is 14.6. The molecule has 0 aliphatic carbocycles. The summed E-state index contributed by atoms with van der Waals surface area (Å²) >= 11 is 1.55. The molecule has 0 radical (unpaired) electrons. The number of primary amides is 1. The van der Waals surface area contributed by atoms with Crippen LogP contribution in [0.2, 0.25) is 0 Å². The van der Waals surface area contributed by atoms with E-state index in [2.05, 4.69) is 16.0 Å². The van der Waals surface area contributed by atoms with Crippen molar-refractivity contribution in [3.05, 3.63) is 0 Å². The molecule has 0 heterocycles. The first-order chi connectivity index (χ1) is 14.0. The van der Waals surface area contributed by atoms with E-state index in [1.165, 1.54) is 0 Å². The van der Waals surface area contributed by atoms with E-state index < -0.39 is 54.3 Å². The minimum absolute atomic E-state index is 0.0494. The monoisotopic (exact) mass is 447 g/mol.